The zero-order chi connectivity index (χ0) is 11.6. The monoisotopic (exact) mass is 278 g/mol. The van der Waals surface area contributed by atoms with E-state index in [4.69, 9.17) is 34.8 Å². The maximum absolute atomic E-state index is 12.7. The molecular formula is C9H8Cl3F3. The van der Waals surface area contributed by atoms with Crippen LogP contribution in [0.4, 0.5) is 13.2 Å². The molecule has 1 rings (SSSR count). The van der Waals surface area contributed by atoms with Crippen LogP contribution >= 0.6 is 34.8 Å². The summed E-state index contributed by atoms with van der Waals surface area (Å²) in [6.45, 7) is -2.94. The molecule has 2 atom stereocenters. The average Bonchev–Trinajstić information content (AvgIpc) is 2.25. The highest BCUT2D eigenvalue weighted by Gasteiger charge is 2.43. The maximum Gasteiger partial charge on any atom is 0.128 e. The minimum Gasteiger partial charge on any atom is -0.249 e. The fraction of sp³-hybridized carbons (Fsp3) is 0.556. The largest absolute Gasteiger partial charge is 0.249 e. The van der Waals surface area contributed by atoms with Crippen molar-refractivity contribution in [2.75, 3.05) is 20.0 Å². The van der Waals surface area contributed by atoms with Crippen molar-refractivity contribution in [3.63, 3.8) is 0 Å². The highest BCUT2D eigenvalue weighted by atomic mass is 35.5. The Kier molecular flexibility index (Phi) is 4.38. The van der Waals surface area contributed by atoms with Gasteiger partial charge < -0.3 is 0 Å². The van der Waals surface area contributed by atoms with E-state index in [2.05, 4.69) is 0 Å². The van der Waals surface area contributed by atoms with Gasteiger partial charge in [-0.25, -0.2) is 13.2 Å². The average molecular weight is 280 g/mol. The van der Waals surface area contributed by atoms with Crippen LogP contribution in [-0.4, -0.2) is 30.3 Å². The van der Waals surface area contributed by atoms with Crippen LogP contribution in [0.5, 0.6) is 0 Å². The molecule has 6 heteroatoms. The van der Waals surface area contributed by atoms with Crippen molar-refractivity contribution in [3.8, 4) is 0 Å². The number of alkyl halides is 5. The van der Waals surface area contributed by atoms with Gasteiger partial charge >= 0.3 is 0 Å². The highest BCUT2D eigenvalue weighted by molar-refractivity contribution is 6.44. The second-order valence-corrected chi connectivity index (χ2v) is 4.67. The number of rotatable bonds is 3. The van der Waals surface area contributed by atoms with Gasteiger partial charge in [-0.15, -0.1) is 23.2 Å². The molecule has 0 aromatic rings. The molecule has 0 heterocycles. The zero-order valence-electron chi connectivity index (χ0n) is 7.54. The molecular weight excluding hydrogens is 271 g/mol. The van der Waals surface area contributed by atoms with Crippen LogP contribution in [0.2, 0.25) is 0 Å². The fourth-order valence-electron chi connectivity index (χ4n) is 1.32. The molecule has 0 aliphatic heterocycles. The Hall–Kier alpha value is 0.140. The van der Waals surface area contributed by atoms with Crippen LogP contribution < -0.4 is 0 Å². The zero-order valence-corrected chi connectivity index (χ0v) is 9.81. The summed E-state index contributed by atoms with van der Waals surface area (Å²) < 4.78 is 37.8. The lowest BCUT2D eigenvalue weighted by molar-refractivity contribution is 0.421. The van der Waals surface area contributed by atoms with Gasteiger partial charge in [-0.1, -0.05) is 17.7 Å². The normalized spacial score (nSPS) is 31.9. The summed E-state index contributed by atoms with van der Waals surface area (Å²) in [6.07, 6.45) is 1.20. The first-order chi connectivity index (χ1) is 7.01. The lowest BCUT2D eigenvalue weighted by Gasteiger charge is -2.32. The highest BCUT2D eigenvalue weighted by Crippen LogP contribution is 2.43. The van der Waals surface area contributed by atoms with Crippen molar-refractivity contribution in [1.82, 2.24) is 0 Å². The van der Waals surface area contributed by atoms with E-state index in [1.54, 1.807) is 0 Å². The van der Waals surface area contributed by atoms with E-state index in [0.29, 0.717) is 0 Å². The number of halogens is 6. The topological polar surface area (TPSA) is 0 Å². The van der Waals surface area contributed by atoms with E-state index in [1.807, 2.05) is 0 Å². The Labute approximate surface area is 101 Å². The summed E-state index contributed by atoms with van der Waals surface area (Å²) in [5.41, 5.74) is -0.0732. The predicted molar refractivity (Wildman–Crippen MR) is 57.1 cm³/mol. The molecule has 0 radical (unpaired) electrons. The second-order valence-electron chi connectivity index (χ2n) is 3.15. The van der Waals surface area contributed by atoms with Gasteiger partial charge in [0.05, 0.1) is 5.38 Å². The van der Waals surface area contributed by atoms with Gasteiger partial charge in [0.15, 0.2) is 0 Å². The van der Waals surface area contributed by atoms with Crippen LogP contribution in [0.3, 0.4) is 0 Å². The van der Waals surface area contributed by atoms with Crippen LogP contribution in [0.1, 0.15) is 0 Å². The molecule has 0 fully saturated rings. The molecule has 0 nitrogen and oxygen atoms in total. The molecule has 0 spiro atoms. The Morgan fingerprint density at radius 1 is 1.27 bits per heavy atom. The second kappa shape index (κ2) is 4.98. The first-order valence-electron chi connectivity index (χ1n) is 4.12. The van der Waals surface area contributed by atoms with Gasteiger partial charge in [0.1, 0.15) is 24.9 Å². The van der Waals surface area contributed by atoms with E-state index >= 15 is 0 Å². The quantitative estimate of drug-likeness (QED) is 0.687. The van der Waals surface area contributed by atoms with Crippen molar-refractivity contribution in [1.29, 1.82) is 0 Å². The summed E-state index contributed by atoms with van der Waals surface area (Å²) >= 11 is 17.3. The molecule has 0 aromatic heterocycles. The number of hydrogen-bond donors (Lipinski definition) is 0. The van der Waals surface area contributed by atoms with Crippen molar-refractivity contribution in [2.24, 2.45) is 0 Å². The summed E-state index contributed by atoms with van der Waals surface area (Å²) in [5.74, 6) is 0. The predicted octanol–water partition coefficient (Wildman–Crippen LogP) is 3.91. The maximum atomic E-state index is 12.7. The standard InChI is InChI=1S/C9H8Cl3F3/c10-7-1-5(2-13)6(3-14)8(11)9(7,12)4-15/h1,7H,2-4H2. The Morgan fingerprint density at radius 3 is 2.27 bits per heavy atom. The van der Waals surface area contributed by atoms with E-state index in [1.165, 1.54) is 6.08 Å². The molecule has 0 bridgehead atoms. The van der Waals surface area contributed by atoms with Crippen molar-refractivity contribution >= 4 is 34.8 Å². The first-order valence-corrected chi connectivity index (χ1v) is 5.31. The fourth-order valence-corrected chi connectivity index (χ4v) is 2.22. The molecule has 15 heavy (non-hydrogen) atoms. The summed E-state index contributed by atoms with van der Waals surface area (Å²) in [7, 11) is 0. The Balaban J connectivity index is 3.22. The summed E-state index contributed by atoms with van der Waals surface area (Å²) in [6, 6.07) is 0. The van der Waals surface area contributed by atoms with Crippen molar-refractivity contribution < 1.29 is 13.2 Å². The number of allylic oxidation sites excluding steroid dienone is 4. The molecule has 0 saturated heterocycles. The minimum absolute atomic E-state index is 0.0345. The molecule has 0 saturated carbocycles. The Morgan fingerprint density at radius 2 is 1.87 bits per heavy atom. The van der Waals surface area contributed by atoms with E-state index in [9.17, 15) is 13.2 Å². The molecule has 2 unspecified atom stereocenters. The van der Waals surface area contributed by atoms with Gasteiger partial charge in [-0.05, 0) is 5.57 Å². The third kappa shape index (κ3) is 2.15. The first kappa shape index (κ1) is 13.2. The lowest BCUT2D eigenvalue weighted by atomic mass is 9.90. The van der Waals surface area contributed by atoms with Crippen molar-refractivity contribution in [3.05, 3.63) is 22.3 Å². The third-order valence-corrected chi connectivity index (χ3v) is 4.07. The molecule has 0 N–H and O–H groups in total. The minimum atomic E-state index is -1.68. The van der Waals surface area contributed by atoms with E-state index in [0.717, 1.165) is 0 Å². The van der Waals surface area contributed by atoms with E-state index < -0.39 is 30.3 Å². The van der Waals surface area contributed by atoms with Crippen LogP contribution in [-0.2, 0) is 0 Å². The van der Waals surface area contributed by atoms with Gasteiger partial charge in [-0.2, -0.15) is 0 Å². The van der Waals surface area contributed by atoms with Crippen LogP contribution in [0.25, 0.3) is 0 Å². The Bertz CT molecular complexity index is 314. The van der Waals surface area contributed by atoms with E-state index in [-0.39, 0.29) is 16.2 Å². The molecule has 86 valence electrons. The van der Waals surface area contributed by atoms with Gasteiger partial charge in [0.25, 0.3) is 0 Å². The molecule has 0 amide bonds. The number of hydrogen-bond acceptors (Lipinski definition) is 0. The third-order valence-electron chi connectivity index (χ3n) is 2.27. The van der Waals surface area contributed by atoms with Crippen LogP contribution in [0.15, 0.2) is 22.3 Å². The smallest absolute Gasteiger partial charge is 0.128 e. The SMILES string of the molecule is FCC1=CC(Cl)C(Cl)(CF)C(Cl)=C1CF. The van der Waals surface area contributed by atoms with Gasteiger partial charge in [-0.3, -0.25) is 0 Å². The summed E-state index contributed by atoms with van der Waals surface area (Å²) in [4.78, 5) is -1.68. The lowest BCUT2D eigenvalue weighted by Crippen LogP contribution is -2.39. The van der Waals surface area contributed by atoms with Crippen molar-refractivity contribution in [2.45, 2.75) is 10.3 Å². The molecule has 1 aliphatic carbocycles. The molecule has 0 aromatic carbocycles. The van der Waals surface area contributed by atoms with Crippen LogP contribution in [0, 0.1) is 0 Å². The van der Waals surface area contributed by atoms with Gasteiger partial charge in [0.2, 0.25) is 0 Å². The van der Waals surface area contributed by atoms with Gasteiger partial charge in [0, 0.05) is 10.6 Å². The molecule has 1 aliphatic rings. The summed E-state index contributed by atoms with van der Waals surface area (Å²) in [5, 5.41) is -1.23.